The molecule has 7 N–H and O–H groups in total. The second-order valence-electron chi connectivity index (χ2n) is 6.55. The van der Waals surface area contributed by atoms with Crippen LogP contribution in [0.3, 0.4) is 0 Å². The molecule has 3 heterocycles. The maximum atomic E-state index is 12.6. The van der Waals surface area contributed by atoms with Crippen molar-refractivity contribution < 1.29 is 0 Å². The van der Waals surface area contributed by atoms with E-state index in [1.165, 1.54) is 0 Å². The monoisotopic (exact) mass is 380 g/mol. The van der Waals surface area contributed by atoms with E-state index in [2.05, 4.69) is 24.9 Å². The largest absolute Gasteiger partial charge is 0.384 e. The standard InChI is InChI=1S/C18H16N6O4/c1-6-3-4-7(2)8(5-6)12-9(10-13(19)21-17(27)23-15(10)25)11-14(20-12)22-18(28)24-16(11)26/h3-5H,1-2H3,(H4,19,21,23,25,27)(H3,20,22,24,26,28). The van der Waals surface area contributed by atoms with Crippen LogP contribution in [0.5, 0.6) is 0 Å². The number of nitrogen functional groups attached to an aromatic ring is 1. The number of fused-ring (bicyclic) bond motifs is 1. The number of nitrogens with two attached hydrogens (primary N) is 1. The van der Waals surface area contributed by atoms with Gasteiger partial charge in [0.1, 0.15) is 11.5 Å². The summed E-state index contributed by atoms with van der Waals surface area (Å²) in [5.74, 6) is -0.188. The summed E-state index contributed by atoms with van der Waals surface area (Å²) in [6.45, 7) is 3.78. The Kier molecular flexibility index (Phi) is 3.70. The van der Waals surface area contributed by atoms with Crippen LogP contribution in [-0.2, 0) is 0 Å². The highest BCUT2D eigenvalue weighted by Crippen LogP contribution is 2.37. The first-order valence-corrected chi connectivity index (χ1v) is 8.34. The number of H-pyrrole nitrogens is 5. The van der Waals surface area contributed by atoms with E-state index in [9.17, 15) is 19.2 Å². The van der Waals surface area contributed by atoms with Crippen molar-refractivity contribution in [3.05, 3.63) is 71.0 Å². The zero-order chi connectivity index (χ0) is 20.2. The van der Waals surface area contributed by atoms with Crippen molar-refractivity contribution >= 4 is 16.9 Å². The topological polar surface area (TPSA) is 173 Å². The Hall–Kier alpha value is -4.08. The lowest BCUT2D eigenvalue weighted by molar-refractivity contribution is 1.05. The fourth-order valence-electron chi connectivity index (χ4n) is 3.34. The van der Waals surface area contributed by atoms with Crippen LogP contribution in [0.1, 0.15) is 11.1 Å². The second-order valence-corrected chi connectivity index (χ2v) is 6.55. The van der Waals surface area contributed by atoms with Crippen LogP contribution < -0.4 is 28.2 Å². The summed E-state index contributed by atoms with van der Waals surface area (Å²) in [5.41, 5.74) is 6.26. The fourth-order valence-corrected chi connectivity index (χ4v) is 3.34. The van der Waals surface area contributed by atoms with Crippen LogP contribution in [0.2, 0.25) is 0 Å². The number of hydrogen-bond donors (Lipinski definition) is 6. The zero-order valence-corrected chi connectivity index (χ0v) is 14.9. The van der Waals surface area contributed by atoms with Crippen molar-refractivity contribution in [1.82, 2.24) is 24.9 Å². The zero-order valence-electron chi connectivity index (χ0n) is 14.9. The normalized spacial score (nSPS) is 11.2. The van der Waals surface area contributed by atoms with Gasteiger partial charge in [-0.15, -0.1) is 0 Å². The summed E-state index contributed by atoms with van der Waals surface area (Å²) in [6.07, 6.45) is 0. The molecule has 0 fully saturated rings. The van der Waals surface area contributed by atoms with Crippen LogP contribution in [0.25, 0.3) is 33.4 Å². The number of nitrogens with one attached hydrogen (secondary N) is 5. The molecule has 0 radical (unpaired) electrons. The molecule has 0 unspecified atom stereocenters. The number of benzene rings is 1. The molecule has 0 amide bonds. The third-order valence-electron chi connectivity index (χ3n) is 4.58. The first-order chi connectivity index (χ1) is 13.3. The quantitative estimate of drug-likeness (QED) is 0.296. The van der Waals surface area contributed by atoms with Crippen molar-refractivity contribution in [1.29, 1.82) is 0 Å². The number of aromatic nitrogens is 5. The Balaban J connectivity index is 2.26. The van der Waals surface area contributed by atoms with Gasteiger partial charge in [-0.05, 0) is 25.5 Å². The van der Waals surface area contributed by atoms with E-state index < -0.39 is 22.5 Å². The van der Waals surface area contributed by atoms with Gasteiger partial charge in [0.25, 0.3) is 11.1 Å². The highest BCUT2D eigenvalue weighted by molar-refractivity contribution is 6.04. The molecule has 0 saturated heterocycles. The van der Waals surface area contributed by atoms with Crippen molar-refractivity contribution in [2.75, 3.05) is 5.73 Å². The number of hydrogen-bond acceptors (Lipinski definition) is 5. The first kappa shape index (κ1) is 17.3. The fraction of sp³-hybridized carbons (Fsp3) is 0.111. The minimum absolute atomic E-state index is 0.0553. The molecule has 28 heavy (non-hydrogen) atoms. The lowest BCUT2D eigenvalue weighted by Gasteiger charge is -2.10. The highest BCUT2D eigenvalue weighted by atomic mass is 16.2. The Morgan fingerprint density at radius 3 is 2.18 bits per heavy atom. The molecule has 0 spiro atoms. The maximum absolute atomic E-state index is 12.6. The molecular weight excluding hydrogens is 364 g/mol. The summed E-state index contributed by atoms with van der Waals surface area (Å²) in [7, 11) is 0. The van der Waals surface area contributed by atoms with Gasteiger partial charge in [0.05, 0.1) is 16.6 Å². The molecule has 0 saturated carbocycles. The van der Waals surface area contributed by atoms with E-state index in [0.717, 1.165) is 16.7 Å². The minimum atomic E-state index is -0.762. The molecule has 0 aliphatic rings. The highest BCUT2D eigenvalue weighted by Gasteiger charge is 2.24. The molecule has 0 aliphatic heterocycles. The maximum Gasteiger partial charge on any atom is 0.327 e. The number of rotatable bonds is 2. The number of aryl methyl sites for hydroxylation is 2. The minimum Gasteiger partial charge on any atom is -0.384 e. The average molecular weight is 380 g/mol. The molecule has 4 aromatic rings. The lowest BCUT2D eigenvalue weighted by Crippen LogP contribution is -2.26. The van der Waals surface area contributed by atoms with Crippen LogP contribution >= 0.6 is 0 Å². The average Bonchev–Trinajstić information content (AvgIpc) is 2.95. The van der Waals surface area contributed by atoms with Gasteiger partial charge in [0.2, 0.25) is 0 Å². The second kappa shape index (κ2) is 5.98. The van der Waals surface area contributed by atoms with Crippen LogP contribution in [0, 0.1) is 13.8 Å². The van der Waals surface area contributed by atoms with Gasteiger partial charge >= 0.3 is 11.4 Å². The Labute approximate surface area is 155 Å². The lowest BCUT2D eigenvalue weighted by atomic mass is 9.96. The third kappa shape index (κ3) is 2.58. The van der Waals surface area contributed by atoms with Gasteiger partial charge in [-0.3, -0.25) is 29.5 Å². The number of aromatic amines is 5. The molecule has 10 heteroatoms. The van der Waals surface area contributed by atoms with E-state index in [0.29, 0.717) is 5.69 Å². The van der Waals surface area contributed by atoms with Gasteiger partial charge < -0.3 is 10.7 Å². The molecule has 3 aromatic heterocycles. The van der Waals surface area contributed by atoms with E-state index >= 15 is 0 Å². The summed E-state index contributed by atoms with van der Waals surface area (Å²) >= 11 is 0. The summed E-state index contributed by atoms with van der Waals surface area (Å²) < 4.78 is 0. The van der Waals surface area contributed by atoms with Crippen molar-refractivity contribution in [2.45, 2.75) is 13.8 Å². The van der Waals surface area contributed by atoms with Crippen LogP contribution in [-0.4, -0.2) is 24.9 Å². The molecule has 0 aliphatic carbocycles. The molecule has 4 rings (SSSR count). The Bertz CT molecular complexity index is 1480. The van der Waals surface area contributed by atoms with Crippen molar-refractivity contribution in [2.24, 2.45) is 0 Å². The Morgan fingerprint density at radius 1 is 0.786 bits per heavy atom. The number of anilines is 1. The summed E-state index contributed by atoms with van der Waals surface area (Å²) in [6, 6.07) is 5.70. The molecule has 142 valence electrons. The molecule has 10 nitrogen and oxygen atoms in total. The van der Waals surface area contributed by atoms with Crippen molar-refractivity contribution in [3.63, 3.8) is 0 Å². The van der Waals surface area contributed by atoms with Gasteiger partial charge in [-0.2, -0.15) is 0 Å². The smallest absolute Gasteiger partial charge is 0.327 e. The molecular formula is C18H16N6O4. The van der Waals surface area contributed by atoms with Crippen LogP contribution in [0.4, 0.5) is 5.82 Å². The predicted molar refractivity (Wildman–Crippen MR) is 106 cm³/mol. The summed E-state index contributed by atoms with van der Waals surface area (Å²) in [5, 5.41) is 0.0553. The first-order valence-electron chi connectivity index (χ1n) is 8.34. The van der Waals surface area contributed by atoms with E-state index in [1.54, 1.807) is 0 Å². The van der Waals surface area contributed by atoms with E-state index in [1.807, 2.05) is 32.0 Å². The van der Waals surface area contributed by atoms with Gasteiger partial charge in [-0.25, -0.2) is 9.59 Å². The van der Waals surface area contributed by atoms with Gasteiger partial charge in [0.15, 0.2) is 0 Å². The van der Waals surface area contributed by atoms with Crippen molar-refractivity contribution in [3.8, 4) is 22.4 Å². The predicted octanol–water partition coefficient (Wildman–Crippen LogP) is 0.454. The third-order valence-corrected chi connectivity index (χ3v) is 4.58. The summed E-state index contributed by atoms with van der Waals surface area (Å²) in [4.78, 5) is 60.6. The van der Waals surface area contributed by atoms with Gasteiger partial charge in [0, 0.05) is 11.1 Å². The Morgan fingerprint density at radius 2 is 1.46 bits per heavy atom. The van der Waals surface area contributed by atoms with E-state index in [-0.39, 0.29) is 28.0 Å². The van der Waals surface area contributed by atoms with E-state index in [4.69, 9.17) is 5.73 Å². The molecule has 1 aromatic carbocycles. The van der Waals surface area contributed by atoms with Crippen LogP contribution in [0.15, 0.2) is 37.4 Å². The molecule has 0 atom stereocenters. The van der Waals surface area contributed by atoms with Gasteiger partial charge in [-0.1, -0.05) is 17.7 Å². The molecule has 0 bridgehead atoms. The SMILES string of the molecule is Cc1ccc(C)c(-c2[nH]c3[nH]c(=O)[nH]c(=O)c3c2-c2c(N)[nH]c(=O)[nH]c2=O)c1.